The Morgan fingerprint density at radius 2 is 1.86 bits per heavy atom. The van der Waals surface area contributed by atoms with Gasteiger partial charge in [-0.2, -0.15) is 0 Å². The maximum absolute atomic E-state index is 5.63. The van der Waals surface area contributed by atoms with E-state index in [1.54, 1.807) is 0 Å². The molecule has 0 spiro atoms. The third kappa shape index (κ3) is 3.51. The van der Waals surface area contributed by atoms with Crippen molar-refractivity contribution in [1.82, 2.24) is 0 Å². The van der Waals surface area contributed by atoms with E-state index in [2.05, 4.69) is 0 Å². The van der Waals surface area contributed by atoms with Crippen molar-refractivity contribution in [3.8, 4) is 0 Å². The molecular weight excluding hydrogens is 151 g/mol. The van der Waals surface area contributed by atoms with Gasteiger partial charge in [-0.3, -0.25) is 0 Å². The van der Waals surface area contributed by atoms with Gasteiger partial charge < -0.3 is 0 Å². The predicted molar refractivity (Wildman–Crippen MR) is 37.9 cm³/mol. The molecule has 0 radical (unpaired) electrons. The van der Waals surface area contributed by atoms with Crippen molar-refractivity contribution in [3.63, 3.8) is 0 Å². The van der Waals surface area contributed by atoms with Crippen LogP contribution in [-0.2, 0) is 0 Å². The molecular formula is C4H8Cl2S. The standard InChI is InChI=1S/C4H8Cl2S/c1-3(2)4(5)7-6/h3-4H,1-2H3. The fourth-order valence-electron chi connectivity index (χ4n) is 0.103. The van der Waals surface area contributed by atoms with Crippen LogP contribution in [-0.4, -0.2) is 4.71 Å². The lowest BCUT2D eigenvalue weighted by Gasteiger charge is -2.05. The lowest BCUT2D eigenvalue weighted by atomic mass is 10.3. The van der Waals surface area contributed by atoms with Gasteiger partial charge in [0.05, 0.1) is 4.71 Å². The number of halogens is 2. The first kappa shape index (κ1) is 7.93. The molecule has 0 nitrogen and oxygen atoms in total. The first-order valence-corrected chi connectivity index (χ1v) is 4.24. The summed E-state index contributed by atoms with van der Waals surface area (Å²) in [5, 5.41) is 0. The molecule has 3 heteroatoms. The van der Waals surface area contributed by atoms with Crippen molar-refractivity contribution in [2.45, 2.75) is 18.6 Å². The molecule has 0 saturated carbocycles. The van der Waals surface area contributed by atoms with Crippen molar-refractivity contribution in [2.24, 2.45) is 5.92 Å². The minimum absolute atomic E-state index is 0.0571. The Labute approximate surface area is 58.1 Å². The van der Waals surface area contributed by atoms with Gasteiger partial charge in [0.25, 0.3) is 0 Å². The average Bonchev–Trinajstić information content (AvgIpc) is 1.65. The lowest BCUT2D eigenvalue weighted by Crippen LogP contribution is -1.98. The van der Waals surface area contributed by atoms with Crippen molar-refractivity contribution >= 4 is 33.3 Å². The highest BCUT2D eigenvalue weighted by molar-refractivity contribution is 8.22. The van der Waals surface area contributed by atoms with Crippen LogP contribution in [0.3, 0.4) is 0 Å². The zero-order valence-electron chi connectivity index (χ0n) is 4.32. The van der Waals surface area contributed by atoms with Crippen LogP contribution in [0, 0.1) is 5.92 Å². The van der Waals surface area contributed by atoms with Crippen LogP contribution in [0.15, 0.2) is 0 Å². The molecule has 0 aliphatic heterocycles. The summed E-state index contributed by atoms with van der Waals surface area (Å²) in [5.41, 5.74) is 0. The van der Waals surface area contributed by atoms with E-state index in [1.807, 2.05) is 13.8 Å². The lowest BCUT2D eigenvalue weighted by molar-refractivity contribution is 0.717. The zero-order valence-corrected chi connectivity index (χ0v) is 6.65. The van der Waals surface area contributed by atoms with E-state index in [9.17, 15) is 0 Å². The molecule has 0 aromatic rings. The summed E-state index contributed by atoms with van der Waals surface area (Å²) in [6.07, 6.45) is 0. The van der Waals surface area contributed by atoms with Crippen LogP contribution in [0.5, 0.6) is 0 Å². The second kappa shape index (κ2) is 3.88. The quantitative estimate of drug-likeness (QED) is 0.558. The molecule has 0 bridgehead atoms. The van der Waals surface area contributed by atoms with Gasteiger partial charge in [0.15, 0.2) is 0 Å². The highest BCUT2D eigenvalue weighted by Gasteiger charge is 2.06. The van der Waals surface area contributed by atoms with Gasteiger partial charge in [-0.15, -0.1) is 11.6 Å². The minimum Gasteiger partial charge on any atom is -0.110 e. The molecule has 0 saturated heterocycles. The normalized spacial score (nSPS) is 15.0. The Morgan fingerprint density at radius 1 is 1.43 bits per heavy atom. The summed E-state index contributed by atoms with van der Waals surface area (Å²) in [6.45, 7) is 4.07. The topological polar surface area (TPSA) is 0 Å². The largest absolute Gasteiger partial charge is 0.110 e. The monoisotopic (exact) mass is 158 g/mol. The molecule has 1 atom stereocenters. The maximum Gasteiger partial charge on any atom is 0.0962 e. The summed E-state index contributed by atoms with van der Waals surface area (Å²) in [4.78, 5) is 0. The molecule has 0 aromatic carbocycles. The molecule has 0 rings (SSSR count). The van der Waals surface area contributed by atoms with E-state index in [4.69, 9.17) is 22.3 Å². The fraction of sp³-hybridized carbons (Fsp3) is 1.00. The Bertz CT molecular complexity index is 47.0. The molecule has 0 N–H and O–H groups in total. The van der Waals surface area contributed by atoms with Crippen LogP contribution in [0.4, 0.5) is 0 Å². The minimum atomic E-state index is 0.0571. The fourth-order valence-corrected chi connectivity index (χ4v) is 0.926. The van der Waals surface area contributed by atoms with E-state index in [0.717, 1.165) is 0 Å². The van der Waals surface area contributed by atoms with Crippen LogP contribution >= 0.6 is 33.3 Å². The number of hydrogen-bond donors (Lipinski definition) is 0. The van der Waals surface area contributed by atoms with Crippen LogP contribution < -0.4 is 0 Å². The Kier molecular flexibility index (Phi) is 4.39. The summed E-state index contributed by atoms with van der Waals surface area (Å²) >= 11 is 5.63. The molecule has 0 aliphatic rings. The third-order valence-corrected chi connectivity index (χ3v) is 2.94. The van der Waals surface area contributed by atoms with Gasteiger partial charge in [-0.05, 0) is 27.6 Å². The van der Waals surface area contributed by atoms with Gasteiger partial charge >= 0.3 is 0 Å². The molecule has 7 heavy (non-hydrogen) atoms. The van der Waals surface area contributed by atoms with Crippen molar-refractivity contribution < 1.29 is 0 Å². The van der Waals surface area contributed by atoms with Crippen LogP contribution in [0.25, 0.3) is 0 Å². The summed E-state index contributed by atoms with van der Waals surface area (Å²) < 4.78 is 0.0571. The molecule has 0 amide bonds. The Hall–Kier alpha value is 0.930. The second-order valence-electron chi connectivity index (χ2n) is 1.68. The molecule has 0 aromatic heterocycles. The van der Waals surface area contributed by atoms with E-state index in [0.29, 0.717) is 5.92 Å². The van der Waals surface area contributed by atoms with Crippen LogP contribution in [0.1, 0.15) is 13.8 Å². The second-order valence-corrected chi connectivity index (χ2v) is 3.63. The molecule has 0 aliphatic carbocycles. The Balaban J connectivity index is 3.14. The van der Waals surface area contributed by atoms with E-state index >= 15 is 0 Å². The van der Waals surface area contributed by atoms with Crippen molar-refractivity contribution in [3.05, 3.63) is 0 Å². The Morgan fingerprint density at radius 3 is 1.86 bits per heavy atom. The smallest absolute Gasteiger partial charge is 0.0962 e. The van der Waals surface area contributed by atoms with Crippen LogP contribution in [0.2, 0.25) is 0 Å². The molecule has 44 valence electrons. The molecule has 0 heterocycles. The summed E-state index contributed by atoms with van der Waals surface area (Å²) in [5.74, 6) is 0.462. The molecule has 0 fully saturated rings. The van der Waals surface area contributed by atoms with E-state index < -0.39 is 0 Å². The van der Waals surface area contributed by atoms with E-state index in [1.165, 1.54) is 11.0 Å². The van der Waals surface area contributed by atoms with Gasteiger partial charge in [0, 0.05) is 0 Å². The maximum atomic E-state index is 5.63. The predicted octanol–water partition coefficient (Wildman–Crippen LogP) is 3.09. The zero-order chi connectivity index (χ0) is 5.86. The van der Waals surface area contributed by atoms with Gasteiger partial charge in [-0.1, -0.05) is 13.8 Å². The van der Waals surface area contributed by atoms with E-state index in [-0.39, 0.29) is 4.71 Å². The number of rotatable bonds is 2. The van der Waals surface area contributed by atoms with Crippen molar-refractivity contribution in [2.75, 3.05) is 0 Å². The summed E-state index contributed by atoms with van der Waals surface area (Å²) in [6, 6.07) is 0. The van der Waals surface area contributed by atoms with Gasteiger partial charge in [0.1, 0.15) is 0 Å². The number of hydrogen-bond acceptors (Lipinski definition) is 1. The highest BCUT2D eigenvalue weighted by Crippen LogP contribution is 2.25. The SMILES string of the molecule is CC(C)C(Cl)SCl. The highest BCUT2D eigenvalue weighted by atomic mass is 35.7. The summed E-state index contributed by atoms with van der Waals surface area (Å²) in [7, 11) is 6.50. The third-order valence-electron chi connectivity index (χ3n) is 0.609. The van der Waals surface area contributed by atoms with Gasteiger partial charge in [-0.25, -0.2) is 0 Å². The van der Waals surface area contributed by atoms with Crippen molar-refractivity contribution in [1.29, 1.82) is 0 Å². The molecule has 1 unspecified atom stereocenters. The first-order valence-electron chi connectivity index (χ1n) is 2.10. The number of alkyl halides is 1. The average molecular weight is 159 g/mol. The van der Waals surface area contributed by atoms with Gasteiger partial charge in [0.2, 0.25) is 0 Å². The first-order chi connectivity index (χ1) is 3.18.